The zero-order valence-electron chi connectivity index (χ0n) is 40.3. The summed E-state index contributed by atoms with van der Waals surface area (Å²) in [5, 5.41) is 24.7. The third-order valence-electron chi connectivity index (χ3n) is 13.1. The topological polar surface area (TPSA) is 133 Å². The van der Waals surface area contributed by atoms with Crippen molar-refractivity contribution in [1.29, 1.82) is 0 Å². The molecule has 0 aliphatic carbocycles. The summed E-state index contributed by atoms with van der Waals surface area (Å²) in [7, 11) is 1.61. The van der Waals surface area contributed by atoms with Crippen LogP contribution in [0.3, 0.4) is 0 Å². The Kier molecular flexibility index (Phi) is 17.5. The number of methoxy groups -OCH3 is 3. The third kappa shape index (κ3) is 11.3. The van der Waals surface area contributed by atoms with E-state index in [1.807, 2.05) is 97.9 Å². The largest absolute Gasteiger partial charge is 0.497 e. The van der Waals surface area contributed by atoms with Crippen LogP contribution < -0.4 is 19.8 Å². The van der Waals surface area contributed by atoms with E-state index in [1.54, 1.807) is 14.2 Å². The van der Waals surface area contributed by atoms with Crippen molar-refractivity contribution in [3.63, 3.8) is 0 Å². The van der Waals surface area contributed by atoms with Crippen molar-refractivity contribution in [2.45, 2.75) is 113 Å². The molecule has 5 aromatic rings. The lowest BCUT2D eigenvalue weighted by Gasteiger charge is -2.52. The number of hydrogen-bond acceptors (Lipinski definition) is 12. The highest BCUT2D eigenvalue weighted by Crippen LogP contribution is 2.41. The fourth-order valence-electron chi connectivity index (χ4n) is 9.41. The minimum atomic E-state index is -3.13. The SMILES string of the molecule is C=CC1(CO)O[C@@H](O[C@H]2C(CO[Si](c3ccccc3)(c3ccccc3)C(C)(C)C)O[C@@H](C)C(OCc3ccc(OC)cc3)[C@H]2OCc2ccc(OC)cc2)C(OCc2ccccc2)[C@@H](OC)[C@H]1O. The molecule has 364 valence electrons. The maximum Gasteiger partial charge on any atom is 0.261 e. The molecule has 13 heteroatoms. The van der Waals surface area contributed by atoms with E-state index in [4.69, 9.17) is 47.1 Å². The number of ether oxygens (including phenoxy) is 9. The van der Waals surface area contributed by atoms with Gasteiger partial charge in [0.2, 0.25) is 0 Å². The Morgan fingerprint density at radius 3 is 1.56 bits per heavy atom. The molecule has 10 atom stereocenters. The van der Waals surface area contributed by atoms with Gasteiger partial charge in [-0.3, -0.25) is 0 Å². The average molecular weight is 949 g/mol. The van der Waals surface area contributed by atoms with Crippen LogP contribution in [0.2, 0.25) is 5.04 Å². The average Bonchev–Trinajstić information content (AvgIpc) is 3.37. The Morgan fingerprint density at radius 1 is 0.632 bits per heavy atom. The molecule has 2 saturated heterocycles. The van der Waals surface area contributed by atoms with Crippen molar-refractivity contribution < 1.29 is 57.3 Å². The van der Waals surface area contributed by atoms with Crippen LogP contribution >= 0.6 is 0 Å². The summed E-state index contributed by atoms with van der Waals surface area (Å²) in [6, 6.07) is 45.9. The van der Waals surface area contributed by atoms with Crippen molar-refractivity contribution in [3.05, 3.63) is 169 Å². The van der Waals surface area contributed by atoms with Gasteiger partial charge in [0.25, 0.3) is 8.32 Å². The molecule has 0 saturated carbocycles. The minimum Gasteiger partial charge on any atom is -0.497 e. The van der Waals surface area contributed by atoms with E-state index >= 15 is 0 Å². The lowest BCUT2D eigenvalue weighted by molar-refractivity contribution is -0.369. The molecule has 0 bridgehead atoms. The van der Waals surface area contributed by atoms with Crippen LogP contribution in [0.15, 0.2) is 152 Å². The van der Waals surface area contributed by atoms with E-state index in [-0.39, 0.29) is 31.5 Å². The molecule has 5 aromatic carbocycles. The molecule has 0 radical (unpaired) electrons. The van der Waals surface area contributed by atoms with Gasteiger partial charge in [-0.1, -0.05) is 142 Å². The number of benzene rings is 5. The quantitative estimate of drug-likeness (QED) is 0.0572. The van der Waals surface area contributed by atoms with Crippen LogP contribution in [0.4, 0.5) is 0 Å². The van der Waals surface area contributed by atoms with Crippen molar-refractivity contribution in [2.24, 2.45) is 0 Å². The van der Waals surface area contributed by atoms with Gasteiger partial charge in [-0.2, -0.15) is 0 Å². The highest BCUT2D eigenvalue weighted by Gasteiger charge is 2.58. The maximum atomic E-state index is 11.9. The van der Waals surface area contributed by atoms with E-state index < -0.39 is 75.6 Å². The third-order valence-corrected chi connectivity index (χ3v) is 18.1. The molecule has 0 amide bonds. The molecule has 4 unspecified atom stereocenters. The Bertz CT molecular complexity index is 2240. The van der Waals surface area contributed by atoms with Gasteiger partial charge in [-0.15, -0.1) is 6.58 Å². The van der Waals surface area contributed by atoms with Gasteiger partial charge in [-0.05, 0) is 63.3 Å². The Balaban J connectivity index is 1.34. The number of hydrogen-bond donors (Lipinski definition) is 2. The van der Waals surface area contributed by atoms with Gasteiger partial charge >= 0.3 is 0 Å². The molecular formula is C55H68O12Si. The smallest absolute Gasteiger partial charge is 0.261 e. The Morgan fingerprint density at radius 2 is 1.10 bits per heavy atom. The second-order valence-electron chi connectivity index (χ2n) is 18.4. The molecule has 2 N–H and O–H groups in total. The van der Waals surface area contributed by atoms with E-state index in [2.05, 4.69) is 75.9 Å². The summed E-state index contributed by atoms with van der Waals surface area (Å²) >= 11 is 0. The van der Waals surface area contributed by atoms with Crippen LogP contribution in [0, 0.1) is 0 Å². The predicted octanol–water partition coefficient (Wildman–Crippen LogP) is 7.16. The summed E-state index contributed by atoms with van der Waals surface area (Å²) in [5.41, 5.74) is 1.01. The van der Waals surface area contributed by atoms with Crippen LogP contribution in [0.1, 0.15) is 44.4 Å². The maximum absolute atomic E-state index is 11.9. The summed E-state index contributed by atoms with van der Waals surface area (Å²) in [5.74, 6) is 1.45. The van der Waals surface area contributed by atoms with Gasteiger partial charge in [0.05, 0.1) is 53.4 Å². The van der Waals surface area contributed by atoms with Gasteiger partial charge in [-0.25, -0.2) is 0 Å². The summed E-state index contributed by atoms with van der Waals surface area (Å²) in [6.07, 6.45) is -7.11. The first-order valence-electron chi connectivity index (χ1n) is 23.2. The molecular weight excluding hydrogens is 881 g/mol. The van der Waals surface area contributed by atoms with Gasteiger partial charge in [0.15, 0.2) is 6.29 Å². The molecule has 2 aliphatic heterocycles. The molecule has 2 aliphatic rings. The van der Waals surface area contributed by atoms with Crippen molar-refractivity contribution in [1.82, 2.24) is 0 Å². The van der Waals surface area contributed by atoms with E-state index in [1.165, 1.54) is 13.2 Å². The van der Waals surface area contributed by atoms with E-state index in [0.717, 1.165) is 38.6 Å². The monoisotopic (exact) mass is 948 g/mol. The number of aliphatic hydroxyl groups is 2. The molecule has 0 aromatic heterocycles. The molecule has 2 heterocycles. The summed E-state index contributed by atoms with van der Waals surface area (Å²) in [4.78, 5) is 0. The van der Waals surface area contributed by atoms with Crippen LogP contribution in [-0.4, -0.2) is 114 Å². The molecule has 2 fully saturated rings. The first-order valence-corrected chi connectivity index (χ1v) is 25.1. The standard InChI is InChI=1S/C55H68O12Si/c1-9-55(37-56)52(57)50(60-8)51(63-33-39-19-13-10-14-20-39)53(67-55)66-48-46(36-64-68(54(3,4)5,44-21-15-11-16-22-44)45-23-17-12-18-24-45)65-38(2)47(61-34-40-25-29-42(58-6)30-26-40)49(48)62-35-41-27-31-43(59-7)32-28-41/h9-32,38,46-53,56-57H,1,33-37H2,2-8H3/t38-,46?,47?,48-,49+,50+,51?,52+,53+,55?/m0/s1. The van der Waals surface area contributed by atoms with Gasteiger partial charge in [0.1, 0.15) is 59.8 Å². The van der Waals surface area contributed by atoms with Crippen LogP contribution in [0.5, 0.6) is 11.5 Å². The lowest BCUT2D eigenvalue weighted by atomic mass is 9.86. The second-order valence-corrected chi connectivity index (χ2v) is 22.7. The van der Waals surface area contributed by atoms with Crippen LogP contribution in [-0.2, 0) is 57.4 Å². The van der Waals surface area contributed by atoms with E-state index in [9.17, 15) is 10.2 Å². The second kappa shape index (κ2) is 23.2. The van der Waals surface area contributed by atoms with Crippen LogP contribution in [0.25, 0.3) is 0 Å². The molecule has 12 nitrogen and oxygen atoms in total. The summed E-state index contributed by atoms with van der Waals surface area (Å²) < 4.78 is 66.2. The van der Waals surface area contributed by atoms with Gasteiger partial charge in [0, 0.05) is 7.11 Å². The molecule has 68 heavy (non-hydrogen) atoms. The Hall–Kier alpha value is -4.74. The Labute approximate surface area is 402 Å². The first kappa shape index (κ1) is 51.1. The van der Waals surface area contributed by atoms with Crippen molar-refractivity contribution in [2.75, 3.05) is 34.5 Å². The highest BCUT2D eigenvalue weighted by atomic mass is 28.4. The normalized spacial score (nSPS) is 26.5. The zero-order chi connectivity index (χ0) is 48.3. The first-order chi connectivity index (χ1) is 32.9. The highest BCUT2D eigenvalue weighted by molar-refractivity contribution is 6.99. The predicted molar refractivity (Wildman–Crippen MR) is 263 cm³/mol. The molecule has 0 spiro atoms. The zero-order valence-corrected chi connectivity index (χ0v) is 41.3. The fourth-order valence-corrected chi connectivity index (χ4v) is 14.0. The fraction of sp³-hybridized carbons (Fsp3) is 0.418. The molecule has 7 rings (SSSR count). The van der Waals surface area contributed by atoms with Crippen molar-refractivity contribution >= 4 is 18.7 Å². The lowest BCUT2D eigenvalue weighted by Crippen LogP contribution is -2.70. The van der Waals surface area contributed by atoms with Gasteiger partial charge < -0.3 is 57.3 Å². The number of aliphatic hydroxyl groups excluding tert-OH is 2. The van der Waals surface area contributed by atoms with Crippen molar-refractivity contribution in [3.8, 4) is 11.5 Å². The minimum absolute atomic E-state index is 0.0844. The summed E-state index contributed by atoms with van der Waals surface area (Å²) in [6.45, 7) is 12.7. The van der Waals surface area contributed by atoms with E-state index in [0.29, 0.717) is 0 Å². The number of rotatable bonds is 21.